The van der Waals surface area contributed by atoms with E-state index < -0.39 is 0 Å². The van der Waals surface area contributed by atoms with Gasteiger partial charge in [0.05, 0.1) is 12.5 Å². The van der Waals surface area contributed by atoms with E-state index in [2.05, 4.69) is 41.5 Å². The van der Waals surface area contributed by atoms with Gasteiger partial charge in [-0.05, 0) is 10.8 Å². The summed E-state index contributed by atoms with van der Waals surface area (Å²) in [6.45, 7) is 13.5. The van der Waals surface area contributed by atoms with Crippen molar-refractivity contribution in [2.75, 3.05) is 6.61 Å². The highest BCUT2D eigenvalue weighted by Gasteiger charge is 2.48. The standard InChI is InChI=1S/C12H22O2/c1-11(2,3)8-7-14-10(13)9(8)12(4,5)6/h8-9H,7H2,1-6H3. The van der Waals surface area contributed by atoms with Gasteiger partial charge in [0.25, 0.3) is 0 Å². The zero-order valence-corrected chi connectivity index (χ0v) is 10.2. The number of esters is 1. The predicted molar refractivity (Wildman–Crippen MR) is 56.8 cm³/mol. The summed E-state index contributed by atoms with van der Waals surface area (Å²) in [6.07, 6.45) is 0. The van der Waals surface area contributed by atoms with Gasteiger partial charge in [0.2, 0.25) is 0 Å². The van der Waals surface area contributed by atoms with Gasteiger partial charge < -0.3 is 4.74 Å². The summed E-state index contributed by atoms with van der Waals surface area (Å²) >= 11 is 0. The number of carbonyl (C=O) groups excluding carboxylic acids is 1. The first kappa shape index (κ1) is 11.5. The van der Waals surface area contributed by atoms with E-state index in [-0.39, 0.29) is 22.7 Å². The average Bonchev–Trinajstić information content (AvgIpc) is 2.27. The monoisotopic (exact) mass is 198 g/mol. The Balaban J connectivity index is 2.94. The SMILES string of the molecule is CC(C)(C)C1COC(=O)C1C(C)(C)C. The molecule has 0 aliphatic carbocycles. The van der Waals surface area contributed by atoms with Crippen molar-refractivity contribution in [2.45, 2.75) is 41.5 Å². The molecule has 0 aromatic carbocycles. The van der Waals surface area contributed by atoms with Crippen molar-refractivity contribution in [1.29, 1.82) is 0 Å². The maximum atomic E-state index is 11.7. The lowest BCUT2D eigenvalue weighted by Gasteiger charge is -2.35. The Morgan fingerprint density at radius 3 is 1.86 bits per heavy atom. The first-order valence-corrected chi connectivity index (χ1v) is 5.30. The maximum absolute atomic E-state index is 11.7. The van der Waals surface area contributed by atoms with E-state index in [1.165, 1.54) is 0 Å². The molecule has 0 bridgehead atoms. The van der Waals surface area contributed by atoms with E-state index in [4.69, 9.17) is 4.74 Å². The maximum Gasteiger partial charge on any atom is 0.309 e. The molecule has 1 aliphatic rings. The molecule has 1 aliphatic heterocycles. The predicted octanol–water partition coefficient (Wildman–Crippen LogP) is 2.87. The fourth-order valence-corrected chi connectivity index (χ4v) is 2.23. The van der Waals surface area contributed by atoms with Crippen molar-refractivity contribution in [3.63, 3.8) is 0 Å². The number of hydrogen-bond donors (Lipinski definition) is 0. The van der Waals surface area contributed by atoms with Gasteiger partial charge in [-0.15, -0.1) is 0 Å². The normalized spacial score (nSPS) is 29.1. The third-order valence-electron chi connectivity index (χ3n) is 3.11. The van der Waals surface area contributed by atoms with Crippen LogP contribution in [0.15, 0.2) is 0 Å². The summed E-state index contributed by atoms with van der Waals surface area (Å²) in [5.74, 6) is 0.370. The minimum atomic E-state index is -0.0163. The van der Waals surface area contributed by atoms with Crippen molar-refractivity contribution < 1.29 is 9.53 Å². The van der Waals surface area contributed by atoms with E-state index in [1.54, 1.807) is 0 Å². The second-order valence-corrected chi connectivity index (χ2v) is 6.45. The molecule has 2 atom stereocenters. The molecule has 1 saturated heterocycles. The van der Waals surface area contributed by atoms with Gasteiger partial charge in [-0.3, -0.25) is 4.79 Å². The van der Waals surface area contributed by atoms with Crippen molar-refractivity contribution >= 4 is 5.97 Å². The van der Waals surface area contributed by atoms with Crippen LogP contribution >= 0.6 is 0 Å². The third kappa shape index (κ3) is 2.10. The van der Waals surface area contributed by atoms with Gasteiger partial charge >= 0.3 is 5.97 Å². The lowest BCUT2D eigenvalue weighted by Crippen LogP contribution is -2.36. The van der Waals surface area contributed by atoms with E-state index in [0.29, 0.717) is 12.5 Å². The summed E-state index contributed by atoms with van der Waals surface area (Å²) in [4.78, 5) is 11.7. The molecule has 2 nitrogen and oxygen atoms in total. The van der Waals surface area contributed by atoms with Crippen LogP contribution in [0.5, 0.6) is 0 Å². The van der Waals surface area contributed by atoms with Crippen molar-refractivity contribution in [1.82, 2.24) is 0 Å². The first-order chi connectivity index (χ1) is 6.14. The van der Waals surface area contributed by atoms with E-state index in [9.17, 15) is 4.79 Å². The number of rotatable bonds is 0. The molecular formula is C12H22O2. The minimum absolute atomic E-state index is 0.00549. The Morgan fingerprint density at radius 2 is 1.57 bits per heavy atom. The Kier molecular flexibility index (Phi) is 2.68. The highest BCUT2D eigenvalue weighted by molar-refractivity contribution is 5.75. The molecule has 1 heterocycles. The summed E-state index contributed by atoms with van der Waals surface area (Å²) in [5.41, 5.74) is 0.148. The lowest BCUT2D eigenvalue weighted by atomic mass is 9.66. The van der Waals surface area contributed by atoms with Crippen molar-refractivity contribution in [2.24, 2.45) is 22.7 Å². The molecule has 2 heteroatoms. The minimum Gasteiger partial charge on any atom is -0.465 e. The Bertz CT molecular complexity index is 230. The van der Waals surface area contributed by atoms with Gasteiger partial charge in [0, 0.05) is 5.92 Å². The number of carbonyl (C=O) groups is 1. The van der Waals surface area contributed by atoms with Crippen LogP contribution in [0.3, 0.4) is 0 Å². The van der Waals surface area contributed by atoms with Gasteiger partial charge in [0.1, 0.15) is 0 Å². The van der Waals surface area contributed by atoms with Gasteiger partial charge in [-0.2, -0.15) is 0 Å². The second kappa shape index (κ2) is 3.25. The summed E-state index contributed by atoms with van der Waals surface area (Å²) in [5, 5.41) is 0. The molecule has 82 valence electrons. The quantitative estimate of drug-likeness (QED) is 0.559. The second-order valence-electron chi connectivity index (χ2n) is 6.45. The number of ether oxygens (including phenoxy) is 1. The van der Waals surface area contributed by atoms with Gasteiger partial charge in [-0.25, -0.2) is 0 Å². The van der Waals surface area contributed by atoms with Crippen LogP contribution < -0.4 is 0 Å². The van der Waals surface area contributed by atoms with Crippen LogP contribution in [-0.2, 0) is 9.53 Å². The zero-order valence-electron chi connectivity index (χ0n) is 10.2. The molecule has 1 rings (SSSR count). The van der Waals surface area contributed by atoms with E-state index in [0.717, 1.165) is 0 Å². The highest BCUT2D eigenvalue weighted by atomic mass is 16.5. The fraction of sp³-hybridized carbons (Fsp3) is 0.917. The Morgan fingerprint density at radius 1 is 1.07 bits per heavy atom. The molecule has 0 saturated carbocycles. The molecule has 1 fully saturated rings. The molecule has 0 N–H and O–H groups in total. The molecule has 0 spiro atoms. The topological polar surface area (TPSA) is 26.3 Å². The third-order valence-corrected chi connectivity index (χ3v) is 3.11. The fourth-order valence-electron chi connectivity index (χ4n) is 2.23. The molecular weight excluding hydrogens is 176 g/mol. The van der Waals surface area contributed by atoms with Crippen LogP contribution in [0.25, 0.3) is 0 Å². The van der Waals surface area contributed by atoms with E-state index in [1.807, 2.05) is 0 Å². The van der Waals surface area contributed by atoms with Crippen LogP contribution in [0.1, 0.15) is 41.5 Å². The molecule has 0 amide bonds. The molecule has 0 aromatic rings. The number of hydrogen-bond acceptors (Lipinski definition) is 2. The zero-order chi connectivity index (χ0) is 11.1. The number of cyclic esters (lactones) is 1. The Hall–Kier alpha value is -0.530. The van der Waals surface area contributed by atoms with Gasteiger partial charge in [0.15, 0.2) is 0 Å². The molecule has 2 unspecified atom stereocenters. The molecule has 14 heavy (non-hydrogen) atoms. The van der Waals surface area contributed by atoms with Crippen LogP contribution in [0.2, 0.25) is 0 Å². The van der Waals surface area contributed by atoms with Crippen LogP contribution in [0, 0.1) is 22.7 Å². The van der Waals surface area contributed by atoms with Crippen molar-refractivity contribution in [3.8, 4) is 0 Å². The largest absolute Gasteiger partial charge is 0.465 e. The highest BCUT2D eigenvalue weighted by Crippen LogP contribution is 2.45. The average molecular weight is 198 g/mol. The Labute approximate surface area is 87.0 Å². The van der Waals surface area contributed by atoms with E-state index >= 15 is 0 Å². The smallest absolute Gasteiger partial charge is 0.309 e. The summed E-state index contributed by atoms with van der Waals surface area (Å²) in [7, 11) is 0. The van der Waals surface area contributed by atoms with Crippen LogP contribution in [0.4, 0.5) is 0 Å². The lowest BCUT2D eigenvalue weighted by molar-refractivity contribution is -0.144. The molecule has 0 aromatic heterocycles. The first-order valence-electron chi connectivity index (χ1n) is 5.30. The van der Waals surface area contributed by atoms with Crippen molar-refractivity contribution in [3.05, 3.63) is 0 Å². The molecule has 0 radical (unpaired) electrons. The van der Waals surface area contributed by atoms with Crippen LogP contribution in [-0.4, -0.2) is 12.6 Å². The van der Waals surface area contributed by atoms with Gasteiger partial charge in [-0.1, -0.05) is 41.5 Å². The summed E-state index contributed by atoms with van der Waals surface area (Å²) < 4.78 is 5.19. The summed E-state index contributed by atoms with van der Waals surface area (Å²) in [6, 6.07) is 0.